The lowest BCUT2D eigenvalue weighted by Crippen LogP contribution is -2.46. The number of rotatable bonds is 5. The molecule has 1 heterocycles. The van der Waals surface area contributed by atoms with E-state index in [1.165, 1.54) is 25.7 Å². The van der Waals surface area contributed by atoms with Gasteiger partial charge in [0.2, 0.25) is 5.89 Å². The monoisotopic (exact) mass is 320 g/mol. The molecule has 0 radical (unpaired) electrons. The van der Waals surface area contributed by atoms with Crippen LogP contribution in [-0.4, -0.2) is 33.2 Å². The third-order valence-electron chi connectivity index (χ3n) is 5.86. The molecule has 4 nitrogen and oxygen atoms in total. The van der Waals surface area contributed by atoms with Crippen molar-refractivity contribution in [2.75, 3.05) is 0 Å². The average Bonchev–Trinajstić information content (AvgIpc) is 3.02. The minimum Gasteiger partial charge on any atom is -0.444 e. The van der Waals surface area contributed by atoms with Crippen molar-refractivity contribution in [1.29, 1.82) is 0 Å². The lowest BCUT2D eigenvalue weighted by atomic mass is 9.84. The number of aryl methyl sites for hydroxylation is 1. The summed E-state index contributed by atoms with van der Waals surface area (Å²) in [6.45, 7) is 5.31. The van der Waals surface area contributed by atoms with Crippen LogP contribution in [0.1, 0.15) is 76.9 Å². The molecule has 23 heavy (non-hydrogen) atoms. The molecular weight excluding hydrogens is 288 g/mol. The van der Waals surface area contributed by atoms with E-state index in [9.17, 15) is 5.11 Å². The lowest BCUT2D eigenvalue weighted by molar-refractivity contribution is 0.0263. The van der Waals surface area contributed by atoms with Crippen molar-refractivity contribution < 1.29 is 9.52 Å². The molecule has 0 aromatic carbocycles. The smallest absolute Gasteiger partial charge is 0.208 e. The van der Waals surface area contributed by atoms with E-state index < -0.39 is 0 Å². The van der Waals surface area contributed by atoms with Gasteiger partial charge in [-0.15, -0.1) is 0 Å². The summed E-state index contributed by atoms with van der Waals surface area (Å²) in [5, 5.41) is 9.83. The second-order valence-corrected chi connectivity index (χ2v) is 7.62. The Bertz CT molecular complexity index is 449. The Hall–Kier alpha value is -0.870. The van der Waals surface area contributed by atoms with Gasteiger partial charge in [-0.05, 0) is 57.3 Å². The molecule has 0 aliphatic heterocycles. The molecule has 3 rings (SSSR count). The Kier molecular flexibility index (Phi) is 5.76. The number of nitrogens with zero attached hydrogens (tertiary/aromatic N) is 2. The van der Waals surface area contributed by atoms with Crippen molar-refractivity contribution in [2.24, 2.45) is 5.92 Å². The highest BCUT2D eigenvalue weighted by Crippen LogP contribution is 2.33. The van der Waals surface area contributed by atoms with Gasteiger partial charge in [0.05, 0.1) is 18.8 Å². The maximum absolute atomic E-state index is 9.83. The Morgan fingerprint density at radius 1 is 1.09 bits per heavy atom. The summed E-state index contributed by atoms with van der Waals surface area (Å²) in [7, 11) is 0. The summed E-state index contributed by atoms with van der Waals surface area (Å²) >= 11 is 0. The van der Waals surface area contributed by atoms with Crippen molar-refractivity contribution in [3.63, 3.8) is 0 Å². The molecule has 0 atom stereocenters. The van der Waals surface area contributed by atoms with Crippen LogP contribution >= 0.6 is 0 Å². The molecule has 2 saturated carbocycles. The van der Waals surface area contributed by atoms with E-state index in [-0.39, 0.29) is 6.10 Å². The van der Waals surface area contributed by atoms with Crippen LogP contribution in [-0.2, 0) is 13.0 Å². The van der Waals surface area contributed by atoms with E-state index in [2.05, 4.69) is 23.7 Å². The predicted octanol–water partition coefficient (Wildman–Crippen LogP) is 3.92. The summed E-state index contributed by atoms with van der Waals surface area (Å²) in [5.41, 5.74) is 0. The zero-order chi connectivity index (χ0) is 16.2. The zero-order valence-electron chi connectivity index (χ0n) is 14.7. The number of hydrogen-bond donors (Lipinski definition) is 1. The molecule has 1 aromatic rings. The van der Waals surface area contributed by atoms with Crippen LogP contribution in [0.25, 0.3) is 0 Å². The Morgan fingerprint density at radius 2 is 1.70 bits per heavy atom. The first-order chi connectivity index (χ1) is 11.2. The van der Waals surface area contributed by atoms with Gasteiger partial charge < -0.3 is 9.52 Å². The zero-order valence-corrected chi connectivity index (χ0v) is 14.7. The second kappa shape index (κ2) is 7.80. The average molecular weight is 320 g/mol. The minimum absolute atomic E-state index is 0.0899. The van der Waals surface area contributed by atoms with E-state index in [0.29, 0.717) is 12.1 Å². The number of aliphatic hydroxyl groups excluding tert-OH is 1. The van der Waals surface area contributed by atoms with Crippen LogP contribution in [0.2, 0.25) is 0 Å². The van der Waals surface area contributed by atoms with E-state index in [1.807, 2.05) is 6.20 Å². The van der Waals surface area contributed by atoms with E-state index >= 15 is 0 Å². The number of aromatic nitrogens is 1. The molecule has 4 heteroatoms. The fraction of sp³-hybridized carbons (Fsp3) is 0.842. The maximum Gasteiger partial charge on any atom is 0.208 e. The summed E-state index contributed by atoms with van der Waals surface area (Å²) in [5.74, 6) is 2.72. The van der Waals surface area contributed by atoms with E-state index in [0.717, 1.165) is 56.2 Å². The van der Waals surface area contributed by atoms with Crippen LogP contribution in [0.3, 0.4) is 0 Å². The summed E-state index contributed by atoms with van der Waals surface area (Å²) in [6.07, 6.45) is 12.0. The number of oxazole rings is 1. The lowest BCUT2D eigenvalue weighted by Gasteiger charge is -2.42. The number of aliphatic hydroxyl groups is 1. The van der Waals surface area contributed by atoms with Gasteiger partial charge in [-0.3, -0.25) is 4.90 Å². The van der Waals surface area contributed by atoms with Gasteiger partial charge in [-0.1, -0.05) is 13.8 Å². The van der Waals surface area contributed by atoms with Gasteiger partial charge in [0, 0.05) is 18.5 Å². The quantitative estimate of drug-likeness (QED) is 0.893. The van der Waals surface area contributed by atoms with Crippen molar-refractivity contribution in [1.82, 2.24) is 9.88 Å². The molecule has 130 valence electrons. The molecule has 1 N–H and O–H groups in total. The van der Waals surface area contributed by atoms with Crippen LogP contribution in [0.15, 0.2) is 10.6 Å². The predicted molar refractivity (Wildman–Crippen MR) is 91.1 cm³/mol. The van der Waals surface area contributed by atoms with Gasteiger partial charge in [0.1, 0.15) is 5.76 Å². The Labute approximate surface area is 140 Å². The van der Waals surface area contributed by atoms with Crippen LogP contribution in [0, 0.1) is 5.92 Å². The fourth-order valence-electron chi connectivity index (χ4n) is 4.26. The molecule has 2 aliphatic rings. The molecule has 0 amide bonds. The third-order valence-corrected chi connectivity index (χ3v) is 5.86. The highest BCUT2D eigenvalue weighted by Gasteiger charge is 2.32. The second-order valence-electron chi connectivity index (χ2n) is 7.62. The molecule has 0 spiro atoms. The largest absolute Gasteiger partial charge is 0.444 e. The van der Waals surface area contributed by atoms with Crippen LogP contribution in [0.4, 0.5) is 0 Å². The van der Waals surface area contributed by atoms with Crippen molar-refractivity contribution in [2.45, 2.75) is 96.4 Å². The summed E-state index contributed by atoms with van der Waals surface area (Å²) < 4.78 is 5.89. The fourth-order valence-corrected chi connectivity index (χ4v) is 4.26. The van der Waals surface area contributed by atoms with Crippen LogP contribution < -0.4 is 0 Å². The first kappa shape index (κ1) is 17.0. The first-order valence-electron chi connectivity index (χ1n) is 9.53. The molecule has 0 bridgehead atoms. The van der Waals surface area contributed by atoms with E-state index in [1.54, 1.807) is 0 Å². The van der Waals surface area contributed by atoms with Crippen LogP contribution in [0.5, 0.6) is 0 Å². The summed E-state index contributed by atoms with van der Waals surface area (Å²) in [6, 6.07) is 1.23. The Balaban J connectivity index is 1.69. The molecule has 2 fully saturated rings. The van der Waals surface area contributed by atoms with Gasteiger partial charge in [0.15, 0.2) is 0 Å². The molecule has 2 aliphatic carbocycles. The highest BCUT2D eigenvalue weighted by atomic mass is 16.4. The molecule has 1 aromatic heterocycles. The molecule has 0 saturated heterocycles. The van der Waals surface area contributed by atoms with E-state index in [4.69, 9.17) is 4.42 Å². The van der Waals surface area contributed by atoms with Crippen molar-refractivity contribution in [3.05, 3.63) is 17.8 Å². The molecule has 0 unspecified atom stereocenters. The van der Waals surface area contributed by atoms with Gasteiger partial charge >= 0.3 is 0 Å². The maximum atomic E-state index is 9.83. The number of hydrogen-bond acceptors (Lipinski definition) is 4. The van der Waals surface area contributed by atoms with Gasteiger partial charge in [-0.2, -0.15) is 0 Å². The SMILES string of the molecule is CCc1cnc(CN(C2CCC(C)CC2)C2CCC(O)CC2)o1. The third kappa shape index (κ3) is 4.36. The van der Waals surface area contributed by atoms with Crippen molar-refractivity contribution >= 4 is 0 Å². The molecular formula is C19H32N2O2. The normalized spacial score (nSPS) is 32.3. The Morgan fingerprint density at radius 3 is 2.26 bits per heavy atom. The minimum atomic E-state index is -0.0899. The highest BCUT2D eigenvalue weighted by molar-refractivity contribution is 4.96. The summed E-state index contributed by atoms with van der Waals surface area (Å²) in [4.78, 5) is 7.14. The van der Waals surface area contributed by atoms with Gasteiger partial charge in [0.25, 0.3) is 0 Å². The van der Waals surface area contributed by atoms with Crippen molar-refractivity contribution in [3.8, 4) is 0 Å². The van der Waals surface area contributed by atoms with Gasteiger partial charge in [-0.25, -0.2) is 4.98 Å². The first-order valence-corrected chi connectivity index (χ1v) is 9.53. The topological polar surface area (TPSA) is 49.5 Å². The standard InChI is InChI=1S/C19H32N2O2/c1-3-18-12-20-19(23-18)13-21(15-6-4-14(2)5-7-15)16-8-10-17(22)11-9-16/h12,14-17,22H,3-11,13H2,1-2H3.